The van der Waals surface area contributed by atoms with Crippen molar-refractivity contribution in [1.82, 2.24) is 0 Å². The Hall–Kier alpha value is -4.37. The number of phenols is 6. The molecule has 0 bridgehead atoms. The van der Waals surface area contributed by atoms with Gasteiger partial charge in [0, 0.05) is 22.3 Å². The fourth-order valence-electron chi connectivity index (χ4n) is 3.51. The minimum Gasteiger partial charge on any atom is -0.507 e. The molecule has 0 aliphatic carbocycles. The molecular formula is C24H18O8S. The van der Waals surface area contributed by atoms with Crippen molar-refractivity contribution < 1.29 is 39.1 Å². The number of hydrogen-bond acceptors (Lipinski definition) is 8. The SMILES string of the molecule is O=S(=O)(c1ccc(-c2ccccc2O)c(O)c1O)c1ccc(-c2ccccc2O)c(O)c1O. The maximum absolute atomic E-state index is 13.2. The molecule has 0 saturated carbocycles. The highest BCUT2D eigenvalue weighted by Crippen LogP contribution is 2.48. The van der Waals surface area contributed by atoms with Gasteiger partial charge in [0.2, 0.25) is 9.84 Å². The molecule has 4 rings (SSSR count). The summed E-state index contributed by atoms with van der Waals surface area (Å²) in [5.41, 5.74) is 0.321. The van der Waals surface area contributed by atoms with Gasteiger partial charge < -0.3 is 30.6 Å². The molecule has 0 heterocycles. The molecule has 0 aliphatic heterocycles. The maximum Gasteiger partial charge on any atom is 0.214 e. The fraction of sp³-hybridized carbons (Fsp3) is 0. The summed E-state index contributed by atoms with van der Waals surface area (Å²) in [5, 5.41) is 61.8. The van der Waals surface area contributed by atoms with Crippen LogP contribution in [0.2, 0.25) is 0 Å². The molecule has 0 aromatic heterocycles. The van der Waals surface area contributed by atoms with Crippen molar-refractivity contribution in [3.63, 3.8) is 0 Å². The van der Waals surface area contributed by atoms with Crippen LogP contribution >= 0.6 is 0 Å². The fourth-order valence-corrected chi connectivity index (χ4v) is 4.95. The molecule has 33 heavy (non-hydrogen) atoms. The first-order valence-corrected chi connectivity index (χ1v) is 11.0. The van der Waals surface area contributed by atoms with Crippen molar-refractivity contribution in [2.75, 3.05) is 0 Å². The topological polar surface area (TPSA) is 156 Å². The van der Waals surface area contributed by atoms with Crippen LogP contribution in [0.4, 0.5) is 0 Å². The van der Waals surface area contributed by atoms with Crippen molar-refractivity contribution in [2.45, 2.75) is 9.79 Å². The lowest BCUT2D eigenvalue weighted by Gasteiger charge is -2.15. The van der Waals surface area contributed by atoms with E-state index in [1.165, 1.54) is 36.4 Å². The van der Waals surface area contributed by atoms with Crippen LogP contribution in [0.1, 0.15) is 0 Å². The third-order valence-electron chi connectivity index (χ3n) is 5.20. The van der Waals surface area contributed by atoms with Gasteiger partial charge in [-0.25, -0.2) is 8.42 Å². The van der Waals surface area contributed by atoms with E-state index in [0.717, 1.165) is 12.1 Å². The highest BCUT2D eigenvalue weighted by atomic mass is 32.2. The second-order valence-corrected chi connectivity index (χ2v) is 9.04. The van der Waals surface area contributed by atoms with Gasteiger partial charge in [-0.05, 0) is 36.4 Å². The maximum atomic E-state index is 13.2. The zero-order valence-corrected chi connectivity index (χ0v) is 17.7. The van der Waals surface area contributed by atoms with Crippen molar-refractivity contribution in [3.05, 3.63) is 72.8 Å². The van der Waals surface area contributed by atoms with Gasteiger partial charge in [-0.1, -0.05) is 36.4 Å². The van der Waals surface area contributed by atoms with Crippen molar-refractivity contribution in [3.8, 4) is 56.8 Å². The van der Waals surface area contributed by atoms with Crippen LogP contribution in [0, 0.1) is 0 Å². The van der Waals surface area contributed by atoms with Gasteiger partial charge in [-0.2, -0.15) is 0 Å². The zero-order valence-electron chi connectivity index (χ0n) is 16.8. The summed E-state index contributed by atoms with van der Waals surface area (Å²) in [6, 6.07) is 16.4. The number of hydrogen-bond donors (Lipinski definition) is 6. The normalized spacial score (nSPS) is 11.4. The minimum absolute atomic E-state index is 0.00785. The molecule has 0 spiro atoms. The van der Waals surface area contributed by atoms with Crippen LogP contribution in [0.15, 0.2) is 82.6 Å². The van der Waals surface area contributed by atoms with Crippen LogP contribution in [-0.2, 0) is 9.84 Å². The van der Waals surface area contributed by atoms with E-state index in [9.17, 15) is 39.1 Å². The largest absolute Gasteiger partial charge is 0.507 e. The lowest BCUT2D eigenvalue weighted by atomic mass is 10.0. The predicted molar refractivity (Wildman–Crippen MR) is 119 cm³/mol. The molecule has 0 atom stereocenters. The highest BCUT2D eigenvalue weighted by molar-refractivity contribution is 7.91. The highest BCUT2D eigenvalue weighted by Gasteiger charge is 2.30. The Morgan fingerprint density at radius 1 is 0.424 bits per heavy atom. The lowest BCUT2D eigenvalue weighted by molar-refractivity contribution is 0.390. The average molecular weight is 466 g/mol. The molecule has 0 fully saturated rings. The lowest BCUT2D eigenvalue weighted by Crippen LogP contribution is -2.04. The van der Waals surface area contributed by atoms with Crippen LogP contribution in [-0.4, -0.2) is 39.1 Å². The molecule has 0 amide bonds. The molecule has 168 valence electrons. The van der Waals surface area contributed by atoms with E-state index in [2.05, 4.69) is 0 Å². The first-order chi connectivity index (χ1) is 15.6. The van der Waals surface area contributed by atoms with Crippen molar-refractivity contribution in [1.29, 1.82) is 0 Å². The van der Waals surface area contributed by atoms with Crippen molar-refractivity contribution >= 4 is 9.84 Å². The summed E-state index contributed by atoms with van der Waals surface area (Å²) >= 11 is 0. The quantitative estimate of drug-likeness (QED) is 0.246. The number of benzene rings is 4. The van der Waals surface area contributed by atoms with Gasteiger partial charge >= 0.3 is 0 Å². The Kier molecular flexibility index (Phi) is 5.27. The molecule has 6 N–H and O–H groups in total. The summed E-state index contributed by atoms with van der Waals surface area (Å²) in [6.45, 7) is 0. The van der Waals surface area contributed by atoms with Gasteiger partial charge in [-0.3, -0.25) is 0 Å². The Balaban J connectivity index is 1.84. The Labute approximate surface area is 188 Å². The number of rotatable bonds is 4. The summed E-state index contributed by atoms with van der Waals surface area (Å²) in [7, 11) is -4.61. The standard InChI is InChI=1S/C24H18O8S/c25-17-7-3-1-5-13(17)15-9-11-19(23(29)21(15)27)33(31,32)20-12-10-16(22(28)24(20)30)14-6-2-4-8-18(14)26/h1-12,25-30H. The van der Waals surface area contributed by atoms with E-state index in [1.54, 1.807) is 24.3 Å². The smallest absolute Gasteiger partial charge is 0.214 e. The van der Waals surface area contributed by atoms with Gasteiger partial charge in [-0.15, -0.1) is 0 Å². The van der Waals surface area contributed by atoms with E-state index in [-0.39, 0.29) is 33.8 Å². The third kappa shape index (κ3) is 3.54. The summed E-state index contributed by atoms with van der Waals surface area (Å²) < 4.78 is 26.3. The molecule has 0 saturated heterocycles. The summed E-state index contributed by atoms with van der Waals surface area (Å²) in [5.74, 6) is -3.92. The number of aromatic hydroxyl groups is 6. The average Bonchev–Trinajstić information content (AvgIpc) is 2.78. The second kappa shape index (κ2) is 7.95. The molecule has 4 aromatic rings. The molecule has 4 aromatic carbocycles. The molecule has 9 heteroatoms. The van der Waals surface area contributed by atoms with Crippen LogP contribution < -0.4 is 0 Å². The van der Waals surface area contributed by atoms with Gasteiger partial charge in [0.1, 0.15) is 21.3 Å². The number of para-hydroxylation sites is 2. The van der Waals surface area contributed by atoms with Crippen LogP contribution in [0.3, 0.4) is 0 Å². The van der Waals surface area contributed by atoms with Crippen molar-refractivity contribution in [2.24, 2.45) is 0 Å². The Morgan fingerprint density at radius 2 is 0.788 bits per heavy atom. The first-order valence-electron chi connectivity index (χ1n) is 9.56. The van der Waals surface area contributed by atoms with E-state index >= 15 is 0 Å². The minimum atomic E-state index is -4.61. The van der Waals surface area contributed by atoms with E-state index in [1.807, 2.05) is 0 Å². The summed E-state index contributed by atoms with van der Waals surface area (Å²) in [4.78, 5) is -1.44. The van der Waals surface area contributed by atoms with Crippen LogP contribution in [0.5, 0.6) is 34.5 Å². The molecule has 0 radical (unpaired) electrons. The molecule has 0 unspecified atom stereocenters. The van der Waals surface area contributed by atoms with E-state index in [4.69, 9.17) is 0 Å². The van der Waals surface area contributed by atoms with Gasteiger partial charge in [0.15, 0.2) is 23.0 Å². The van der Waals surface area contributed by atoms with Gasteiger partial charge in [0.05, 0.1) is 0 Å². The van der Waals surface area contributed by atoms with E-state index in [0.29, 0.717) is 0 Å². The Bertz CT molecular complexity index is 1390. The monoisotopic (exact) mass is 466 g/mol. The van der Waals surface area contributed by atoms with Crippen LogP contribution in [0.25, 0.3) is 22.3 Å². The predicted octanol–water partition coefficient (Wildman–Crippen LogP) is 4.09. The second-order valence-electron chi connectivity index (χ2n) is 7.15. The van der Waals surface area contributed by atoms with E-state index < -0.39 is 42.6 Å². The third-order valence-corrected chi connectivity index (χ3v) is 7.01. The molecule has 8 nitrogen and oxygen atoms in total. The zero-order chi connectivity index (χ0) is 23.9. The first kappa shape index (κ1) is 21.8. The molecular weight excluding hydrogens is 448 g/mol. The number of phenolic OH excluding ortho intramolecular Hbond substituents is 6. The Morgan fingerprint density at radius 3 is 1.15 bits per heavy atom. The molecule has 0 aliphatic rings. The summed E-state index contributed by atoms with van der Waals surface area (Å²) in [6.07, 6.45) is 0. The van der Waals surface area contributed by atoms with Gasteiger partial charge in [0.25, 0.3) is 0 Å². The number of sulfone groups is 1.